The van der Waals surface area contributed by atoms with Crippen molar-refractivity contribution in [3.05, 3.63) is 35.9 Å². The lowest BCUT2D eigenvalue weighted by molar-refractivity contribution is 0.138. The van der Waals surface area contributed by atoms with E-state index in [2.05, 4.69) is 64.4 Å². The van der Waals surface area contributed by atoms with Gasteiger partial charge in [-0.25, -0.2) is 0 Å². The second-order valence-electron chi connectivity index (χ2n) is 8.18. The van der Waals surface area contributed by atoms with E-state index in [1.54, 1.807) is 0 Å². The minimum atomic E-state index is 0. The molecule has 2 unspecified atom stereocenters. The lowest BCUT2D eigenvalue weighted by Crippen LogP contribution is -2.46. The van der Waals surface area contributed by atoms with E-state index in [1.165, 1.54) is 31.5 Å². The summed E-state index contributed by atoms with van der Waals surface area (Å²) in [5.74, 6) is 2.44. The van der Waals surface area contributed by atoms with Crippen molar-refractivity contribution in [1.29, 1.82) is 0 Å². The molecule has 2 heterocycles. The van der Waals surface area contributed by atoms with Gasteiger partial charge in [0.15, 0.2) is 5.96 Å². The van der Waals surface area contributed by atoms with Crippen LogP contribution >= 0.6 is 24.0 Å². The number of nitrogens with one attached hydrogen (secondary N) is 1. The normalized spacial score (nSPS) is 22.5. The van der Waals surface area contributed by atoms with E-state index in [0.29, 0.717) is 12.0 Å². The summed E-state index contributed by atoms with van der Waals surface area (Å²) in [7, 11) is 4.01. The van der Waals surface area contributed by atoms with Crippen LogP contribution in [0.2, 0.25) is 0 Å². The quantitative estimate of drug-likeness (QED) is 0.368. The highest BCUT2D eigenvalue weighted by Crippen LogP contribution is 2.26. The van der Waals surface area contributed by atoms with Crippen molar-refractivity contribution in [2.45, 2.75) is 32.2 Å². The number of rotatable bonds is 6. The van der Waals surface area contributed by atoms with E-state index >= 15 is 0 Å². The Hall–Kier alpha value is -0.860. The molecule has 2 saturated heterocycles. The van der Waals surface area contributed by atoms with Crippen LogP contribution < -0.4 is 5.32 Å². The van der Waals surface area contributed by atoms with E-state index < -0.39 is 0 Å². The Balaban J connectivity index is 0.00000280. The average molecular weight is 500 g/mol. The Morgan fingerprint density at radius 2 is 1.96 bits per heavy atom. The number of likely N-dealkylation sites (tertiary alicyclic amines) is 1. The van der Waals surface area contributed by atoms with Crippen molar-refractivity contribution in [1.82, 2.24) is 15.1 Å². The van der Waals surface area contributed by atoms with Gasteiger partial charge in [0.2, 0.25) is 0 Å². The second-order valence-corrected chi connectivity index (χ2v) is 8.18. The zero-order valence-electron chi connectivity index (χ0n) is 17.6. The van der Waals surface area contributed by atoms with Crippen molar-refractivity contribution in [3.63, 3.8) is 0 Å². The number of benzene rings is 1. The first-order valence-corrected chi connectivity index (χ1v) is 10.5. The minimum absolute atomic E-state index is 0. The molecule has 5 nitrogen and oxygen atoms in total. The second kappa shape index (κ2) is 12.0. The lowest BCUT2D eigenvalue weighted by Gasteiger charge is -2.37. The minimum Gasteiger partial charge on any atom is -0.381 e. The molecule has 0 spiro atoms. The summed E-state index contributed by atoms with van der Waals surface area (Å²) in [6.45, 7) is 8.38. The Morgan fingerprint density at radius 3 is 2.57 bits per heavy atom. The third-order valence-corrected chi connectivity index (χ3v) is 6.03. The molecule has 0 radical (unpaired) electrons. The summed E-state index contributed by atoms with van der Waals surface area (Å²) in [5.41, 5.74) is 1.39. The highest BCUT2D eigenvalue weighted by atomic mass is 127. The summed E-state index contributed by atoms with van der Waals surface area (Å²) in [5, 5.41) is 3.64. The van der Waals surface area contributed by atoms with Crippen LogP contribution in [0.3, 0.4) is 0 Å². The number of hydrogen-bond acceptors (Lipinski definition) is 3. The maximum Gasteiger partial charge on any atom is 0.193 e. The lowest BCUT2D eigenvalue weighted by atomic mass is 9.95. The van der Waals surface area contributed by atoms with Gasteiger partial charge in [0, 0.05) is 39.7 Å². The van der Waals surface area contributed by atoms with Gasteiger partial charge in [-0.2, -0.15) is 0 Å². The first-order chi connectivity index (χ1) is 13.2. The summed E-state index contributed by atoms with van der Waals surface area (Å²) in [4.78, 5) is 9.41. The fourth-order valence-corrected chi connectivity index (χ4v) is 4.25. The molecule has 2 aliphatic heterocycles. The summed E-state index contributed by atoms with van der Waals surface area (Å²) < 4.78 is 5.52. The molecule has 1 aromatic carbocycles. The van der Waals surface area contributed by atoms with Gasteiger partial charge in [-0.3, -0.25) is 9.89 Å². The summed E-state index contributed by atoms with van der Waals surface area (Å²) >= 11 is 0. The van der Waals surface area contributed by atoms with E-state index in [4.69, 9.17) is 4.74 Å². The van der Waals surface area contributed by atoms with Crippen molar-refractivity contribution in [2.24, 2.45) is 16.8 Å². The molecule has 3 rings (SSSR count). The van der Waals surface area contributed by atoms with Gasteiger partial charge in [0.25, 0.3) is 0 Å². The summed E-state index contributed by atoms with van der Waals surface area (Å²) in [6, 6.07) is 11.3. The van der Waals surface area contributed by atoms with Crippen LogP contribution in [0.4, 0.5) is 0 Å². The standard InChI is InChI=1S/C22H36N4O.HI/c1-18-9-12-26(13-10-18)21(20-7-5-4-6-8-20)15-24-22(23-2)25(3)16-19-11-14-27-17-19;/h4-8,18-19,21H,9-17H2,1-3H3,(H,23,24);1H. The molecule has 158 valence electrons. The number of guanidine groups is 1. The van der Waals surface area contributed by atoms with E-state index in [1.807, 2.05) is 7.05 Å². The molecule has 0 aromatic heterocycles. The average Bonchev–Trinajstić information content (AvgIpc) is 3.20. The van der Waals surface area contributed by atoms with E-state index in [9.17, 15) is 0 Å². The van der Waals surface area contributed by atoms with E-state index in [0.717, 1.165) is 44.6 Å². The Labute approximate surface area is 187 Å². The number of ether oxygens (including phenoxy) is 1. The van der Waals surface area contributed by atoms with Crippen molar-refractivity contribution >= 4 is 29.9 Å². The molecule has 28 heavy (non-hydrogen) atoms. The van der Waals surface area contributed by atoms with E-state index in [-0.39, 0.29) is 24.0 Å². The van der Waals surface area contributed by atoms with Crippen LogP contribution in [-0.2, 0) is 4.74 Å². The Kier molecular flexibility index (Phi) is 10.0. The Bertz CT molecular complexity index is 583. The highest BCUT2D eigenvalue weighted by molar-refractivity contribution is 14.0. The molecular weight excluding hydrogens is 463 g/mol. The van der Waals surface area contributed by atoms with Crippen molar-refractivity contribution in [2.75, 3.05) is 53.5 Å². The SMILES string of the molecule is CN=C(NCC(c1ccccc1)N1CCC(C)CC1)N(C)CC1CCOC1.I. The van der Waals surface area contributed by atoms with Crippen molar-refractivity contribution in [3.8, 4) is 0 Å². The first kappa shape index (κ1) is 23.4. The largest absolute Gasteiger partial charge is 0.381 e. The van der Waals surface area contributed by atoms with Crippen LogP contribution in [0.25, 0.3) is 0 Å². The fraction of sp³-hybridized carbons (Fsp3) is 0.682. The maximum atomic E-state index is 5.52. The predicted molar refractivity (Wildman–Crippen MR) is 127 cm³/mol. The number of halogens is 1. The zero-order valence-corrected chi connectivity index (χ0v) is 20.0. The van der Waals surface area contributed by atoms with Crippen molar-refractivity contribution < 1.29 is 4.74 Å². The zero-order chi connectivity index (χ0) is 19.1. The monoisotopic (exact) mass is 500 g/mol. The molecule has 2 fully saturated rings. The van der Waals surface area contributed by atoms with Crippen LogP contribution in [0, 0.1) is 11.8 Å². The van der Waals surface area contributed by atoms with Crippen LogP contribution in [0.5, 0.6) is 0 Å². The van der Waals surface area contributed by atoms with Crippen LogP contribution in [-0.4, -0.2) is 69.2 Å². The van der Waals surface area contributed by atoms with Gasteiger partial charge in [-0.05, 0) is 43.8 Å². The molecule has 1 aromatic rings. The van der Waals surface area contributed by atoms with Gasteiger partial charge >= 0.3 is 0 Å². The Morgan fingerprint density at radius 1 is 1.25 bits per heavy atom. The predicted octanol–water partition coefficient (Wildman–Crippen LogP) is 3.62. The topological polar surface area (TPSA) is 40.1 Å². The first-order valence-electron chi connectivity index (χ1n) is 10.5. The maximum absolute atomic E-state index is 5.52. The molecule has 0 bridgehead atoms. The fourth-order valence-electron chi connectivity index (χ4n) is 4.25. The smallest absolute Gasteiger partial charge is 0.193 e. The van der Waals surface area contributed by atoms with Crippen LogP contribution in [0.15, 0.2) is 35.3 Å². The third-order valence-electron chi connectivity index (χ3n) is 6.03. The highest BCUT2D eigenvalue weighted by Gasteiger charge is 2.25. The van der Waals surface area contributed by atoms with Gasteiger partial charge < -0.3 is 15.0 Å². The van der Waals surface area contributed by atoms with Crippen LogP contribution in [0.1, 0.15) is 37.8 Å². The number of piperidine rings is 1. The molecular formula is C22H37IN4O. The molecule has 0 amide bonds. The van der Waals surface area contributed by atoms with Gasteiger partial charge in [-0.1, -0.05) is 37.3 Å². The summed E-state index contributed by atoms with van der Waals surface area (Å²) in [6.07, 6.45) is 3.74. The van der Waals surface area contributed by atoms with Gasteiger partial charge in [-0.15, -0.1) is 24.0 Å². The molecule has 0 aliphatic carbocycles. The number of hydrogen-bond donors (Lipinski definition) is 1. The van der Waals surface area contributed by atoms with Gasteiger partial charge in [0.05, 0.1) is 12.6 Å². The molecule has 2 atom stereocenters. The molecule has 6 heteroatoms. The third kappa shape index (κ3) is 6.59. The molecule has 1 N–H and O–H groups in total. The number of nitrogens with zero attached hydrogens (tertiary/aromatic N) is 3. The number of aliphatic imine (C=N–C) groups is 1. The van der Waals surface area contributed by atoms with Gasteiger partial charge in [0.1, 0.15) is 0 Å². The molecule has 0 saturated carbocycles. The molecule has 2 aliphatic rings.